The van der Waals surface area contributed by atoms with Crippen molar-refractivity contribution in [2.75, 3.05) is 14.2 Å². The van der Waals surface area contributed by atoms with Crippen LogP contribution in [0.1, 0.15) is 46.3 Å². The molecule has 31 heavy (non-hydrogen) atoms. The van der Waals surface area contributed by atoms with Crippen LogP contribution in [0.15, 0.2) is 12.1 Å². The summed E-state index contributed by atoms with van der Waals surface area (Å²) in [6.07, 6.45) is 1.29. The van der Waals surface area contributed by atoms with Gasteiger partial charge >= 0.3 is 11.9 Å². The third-order valence-electron chi connectivity index (χ3n) is 6.01. The van der Waals surface area contributed by atoms with E-state index in [2.05, 4.69) is 5.10 Å². The fourth-order valence-electron chi connectivity index (χ4n) is 4.63. The van der Waals surface area contributed by atoms with Gasteiger partial charge in [-0.2, -0.15) is 5.10 Å². The van der Waals surface area contributed by atoms with Crippen LogP contribution in [0.4, 0.5) is 0 Å². The van der Waals surface area contributed by atoms with Crippen LogP contribution in [0.25, 0.3) is 22.0 Å². The first kappa shape index (κ1) is 21.4. The normalized spacial score (nSPS) is 15.4. The summed E-state index contributed by atoms with van der Waals surface area (Å²) in [5.74, 6) is -0.826. The number of hydrogen-bond acceptors (Lipinski definition) is 6. The van der Waals surface area contributed by atoms with Crippen molar-refractivity contribution < 1.29 is 19.1 Å². The topological polar surface area (TPSA) is 101 Å². The van der Waals surface area contributed by atoms with Crippen LogP contribution in [-0.2, 0) is 34.3 Å². The molecule has 3 heterocycles. The second kappa shape index (κ2) is 8.01. The Morgan fingerprint density at radius 2 is 2.00 bits per heavy atom. The van der Waals surface area contributed by atoms with Gasteiger partial charge in [0.2, 0.25) is 0 Å². The molecule has 4 rings (SSSR count). The number of ether oxygens (including phenoxy) is 2. The summed E-state index contributed by atoms with van der Waals surface area (Å²) in [6.45, 7) is 2.70. The zero-order valence-corrected chi connectivity index (χ0v) is 18.7. The van der Waals surface area contributed by atoms with E-state index < -0.39 is 5.97 Å². The molecule has 2 N–H and O–H groups in total. The highest BCUT2D eigenvalue weighted by Crippen LogP contribution is 2.44. The minimum atomic E-state index is -0.478. The lowest BCUT2D eigenvalue weighted by Crippen LogP contribution is -2.11. The highest BCUT2D eigenvalue weighted by atomic mass is 35.5. The number of methoxy groups -OCH3 is 2. The van der Waals surface area contributed by atoms with Crippen LogP contribution in [0, 0.1) is 6.92 Å². The average Bonchev–Trinajstić information content (AvgIpc) is 3.36. The molecule has 2 aromatic heterocycles. The van der Waals surface area contributed by atoms with E-state index in [1.54, 1.807) is 11.6 Å². The van der Waals surface area contributed by atoms with Crippen LogP contribution < -0.4 is 5.73 Å². The first-order chi connectivity index (χ1) is 14.8. The summed E-state index contributed by atoms with van der Waals surface area (Å²) in [5.41, 5.74) is 11.7. The number of nitrogens with two attached hydrogens (primary N) is 1. The molecule has 0 amide bonds. The van der Waals surface area contributed by atoms with Crippen molar-refractivity contribution in [1.29, 1.82) is 0 Å². The molecule has 0 spiro atoms. The number of carbonyl (C=O) groups excluding carboxylic acids is 2. The zero-order valence-electron chi connectivity index (χ0n) is 18.0. The molecular weight excluding hydrogens is 420 g/mol. The van der Waals surface area contributed by atoms with Crippen molar-refractivity contribution in [3.63, 3.8) is 0 Å². The maximum absolute atomic E-state index is 12.7. The second-order valence-corrected chi connectivity index (χ2v) is 8.14. The number of rotatable bonds is 5. The molecule has 1 atom stereocenters. The van der Waals surface area contributed by atoms with E-state index in [9.17, 15) is 9.59 Å². The molecule has 0 radical (unpaired) electrons. The first-order valence-electron chi connectivity index (χ1n) is 10.1. The van der Waals surface area contributed by atoms with E-state index in [1.807, 2.05) is 23.7 Å². The van der Waals surface area contributed by atoms with Gasteiger partial charge in [0.05, 0.1) is 36.1 Å². The first-order valence-corrected chi connectivity index (χ1v) is 10.5. The Hall–Kier alpha value is -2.84. The maximum Gasteiger partial charge on any atom is 0.354 e. The third-order valence-corrected chi connectivity index (χ3v) is 6.33. The van der Waals surface area contributed by atoms with Gasteiger partial charge < -0.3 is 19.8 Å². The number of aryl methyl sites for hydroxylation is 4. The smallest absolute Gasteiger partial charge is 0.354 e. The Balaban J connectivity index is 2.03. The Morgan fingerprint density at radius 3 is 2.68 bits per heavy atom. The maximum atomic E-state index is 12.7. The van der Waals surface area contributed by atoms with E-state index in [0.29, 0.717) is 17.1 Å². The van der Waals surface area contributed by atoms with Crippen LogP contribution in [0.5, 0.6) is 0 Å². The van der Waals surface area contributed by atoms with E-state index in [4.69, 9.17) is 26.8 Å². The Labute approximate surface area is 184 Å². The summed E-state index contributed by atoms with van der Waals surface area (Å²) < 4.78 is 13.6. The lowest BCUT2D eigenvalue weighted by molar-refractivity contribution is -0.140. The molecule has 0 unspecified atom stereocenters. The molecule has 3 aromatic rings. The SMILES string of the molecule is COC(=O)CCc1c(C(=O)OC)n(C)c2c(-c3c(C)nn4c3[C@H](N)CC4)c(Cl)ccc12. The van der Waals surface area contributed by atoms with Crippen molar-refractivity contribution in [2.45, 2.75) is 38.8 Å². The predicted octanol–water partition coefficient (Wildman–Crippen LogP) is 3.30. The van der Waals surface area contributed by atoms with Crippen molar-refractivity contribution >= 4 is 34.4 Å². The number of hydrogen-bond donors (Lipinski definition) is 1. The van der Waals surface area contributed by atoms with Gasteiger partial charge in [-0.1, -0.05) is 17.7 Å². The van der Waals surface area contributed by atoms with Crippen molar-refractivity contribution in [3.05, 3.63) is 39.8 Å². The summed E-state index contributed by atoms with van der Waals surface area (Å²) in [7, 11) is 4.48. The fourth-order valence-corrected chi connectivity index (χ4v) is 4.88. The number of esters is 2. The number of aromatic nitrogens is 3. The molecule has 0 aliphatic carbocycles. The highest BCUT2D eigenvalue weighted by molar-refractivity contribution is 6.35. The average molecular weight is 445 g/mol. The van der Waals surface area contributed by atoms with Crippen molar-refractivity contribution in [2.24, 2.45) is 12.8 Å². The highest BCUT2D eigenvalue weighted by Gasteiger charge is 2.31. The summed E-state index contributed by atoms with van der Waals surface area (Å²) >= 11 is 6.73. The van der Waals surface area contributed by atoms with Gasteiger partial charge in [0.15, 0.2) is 0 Å². The van der Waals surface area contributed by atoms with Gasteiger partial charge in [-0.3, -0.25) is 9.48 Å². The molecule has 0 saturated carbocycles. The quantitative estimate of drug-likeness (QED) is 0.606. The largest absolute Gasteiger partial charge is 0.469 e. The fraction of sp³-hybridized carbons (Fsp3) is 0.409. The molecule has 8 nitrogen and oxygen atoms in total. The summed E-state index contributed by atoms with van der Waals surface area (Å²) in [6, 6.07) is 3.55. The van der Waals surface area contributed by atoms with Gasteiger partial charge in [-0.15, -0.1) is 0 Å². The number of carbonyl (C=O) groups is 2. The summed E-state index contributed by atoms with van der Waals surface area (Å²) in [5, 5.41) is 6.04. The lowest BCUT2D eigenvalue weighted by atomic mass is 9.96. The van der Waals surface area contributed by atoms with E-state index in [1.165, 1.54) is 14.2 Å². The van der Waals surface area contributed by atoms with E-state index in [0.717, 1.165) is 51.9 Å². The molecule has 0 saturated heterocycles. The Kier molecular flexibility index (Phi) is 5.53. The number of halogens is 1. The molecular formula is C22H25ClN4O4. The van der Waals surface area contributed by atoms with Crippen LogP contribution in [0.3, 0.4) is 0 Å². The van der Waals surface area contributed by atoms with Gasteiger partial charge in [0.25, 0.3) is 0 Å². The lowest BCUT2D eigenvalue weighted by Gasteiger charge is -2.13. The third kappa shape index (κ3) is 3.30. The molecule has 0 bridgehead atoms. The predicted molar refractivity (Wildman–Crippen MR) is 117 cm³/mol. The van der Waals surface area contributed by atoms with E-state index >= 15 is 0 Å². The minimum Gasteiger partial charge on any atom is -0.469 e. The molecule has 9 heteroatoms. The monoisotopic (exact) mass is 444 g/mol. The van der Waals surface area contributed by atoms with Gasteiger partial charge in [0.1, 0.15) is 5.69 Å². The standard InChI is InChI=1S/C22H25ClN4O4/c1-11-17(21-15(24)9-10-27(21)25-11)18-14(23)7-5-12-13(6-8-16(28)30-3)20(22(29)31-4)26(2)19(12)18/h5,7,15H,6,8-10,24H2,1-4H3/t15-/m1/s1. The molecule has 1 aliphatic heterocycles. The molecule has 164 valence electrons. The van der Waals surface area contributed by atoms with Crippen LogP contribution >= 0.6 is 11.6 Å². The van der Waals surface area contributed by atoms with Gasteiger partial charge in [-0.05, 0) is 31.4 Å². The van der Waals surface area contributed by atoms with Crippen molar-refractivity contribution in [3.8, 4) is 11.1 Å². The van der Waals surface area contributed by atoms with Crippen LogP contribution in [0.2, 0.25) is 5.02 Å². The molecule has 1 aliphatic rings. The number of benzene rings is 1. The Bertz CT molecular complexity index is 1210. The minimum absolute atomic E-state index is 0.137. The van der Waals surface area contributed by atoms with E-state index in [-0.39, 0.29) is 18.4 Å². The second-order valence-electron chi connectivity index (χ2n) is 7.74. The zero-order chi connectivity index (χ0) is 22.4. The Morgan fingerprint density at radius 1 is 1.26 bits per heavy atom. The molecule has 0 fully saturated rings. The van der Waals surface area contributed by atoms with Gasteiger partial charge in [0, 0.05) is 42.6 Å². The number of fused-ring (bicyclic) bond motifs is 2. The van der Waals surface area contributed by atoms with Crippen LogP contribution in [-0.4, -0.2) is 40.5 Å². The van der Waals surface area contributed by atoms with Gasteiger partial charge in [-0.25, -0.2) is 4.79 Å². The van der Waals surface area contributed by atoms with Crippen molar-refractivity contribution in [1.82, 2.24) is 14.3 Å². The summed E-state index contributed by atoms with van der Waals surface area (Å²) in [4.78, 5) is 24.5. The molecule has 1 aromatic carbocycles. The number of nitrogens with zero attached hydrogens (tertiary/aromatic N) is 3.